The van der Waals surface area contributed by atoms with Crippen LogP contribution in [0.5, 0.6) is 5.75 Å². The Labute approximate surface area is 248 Å². The molecular formula is C33H26N2O7S. The Hall–Kier alpha value is -5.35. The minimum Gasteiger partial charge on any atom is -0.422 e. The molecule has 1 amide bonds. The smallest absolute Gasteiger partial charge is 0.343 e. The van der Waals surface area contributed by atoms with Crippen molar-refractivity contribution in [2.75, 3.05) is 4.31 Å². The van der Waals surface area contributed by atoms with Crippen LogP contribution in [0, 0.1) is 30.9 Å². The van der Waals surface area contributed by atoms with Crippen LogP contribution in [0.15, 0.2) is 108 Å². The van der Waals surface area contributed by atoms with Gasteiger partial charge in [-0.15, -0.1) is 0 Å². The fraction of sp³-hybridized carbons (Fsp3) is 0.0909. The van der Waals surface area contributed by atoms with E-state index >= 15 is 0 Å². The number of hydrogen-bond donors (Lipinski definition) is 0. The number of ether oxygens (including phenoxy) is 1. The Balaban J connectivity index is 1.68. The summed E-state index contributed by atoms with van der Waals surface area (Å²) >= 11 is 0. The van der Waals surface area contributed by atoms with E-state index in [1.165, 1.54) is 43.3 Å². The zero-order chi connectivity index (χ0) is 30.9. The lowest BCUT2D eigenvalue weighted by Crippen LogP contribution is -2.37. The quantitative estimate of drug-likeness (QED) is 0.0866. The molecular weight excluding hydrogens is 568 g/mol. The molecule has 5 aromatic rings. The summed E-state index contributed by atoms with van der Waals surface area (Å²) in [7, 11) is -4.69. The summed E-state index contributed by atoms with van der Waals surface area (Å²) in [6.45, 7) is 5.22. The third-order valence-corrected chi connectivity index (χ3v) is 8.66. The minimum absolute atomic E-state index is 0.0143. The lowest BCUT2D eigenvalue weighted by molar-refractivity contribution is -0.385. The first-order chi connectivity index (χ1) is 20.5. The number of rotatable bonds is 7. The van der Waals surface area contributed by atoms with E-state index in [4.69, 9.17) is 4.74 Å². The number of amides is 1. The van der Waals surface area contributed by atoms with Gasteiger partial charge in [-0.1, -0.05) is 65.7 Å². The largest absolute Gasteiger partial charge is 0.422 e. The molecule has 0 spiro atoms. The fourth-order valence-electron chi connectivity index (χ4n) is 4.58. The molecule has 43 heavy (non-hydrogen) atoms. The zero-order valence-corrected chi connectivity index (χ0v) is 24.3. The number of fused-ring (bicyclic) bond motifs is 1. The molecule has 0 heterocycles. The van der Waals surface area contributed by atoms with Crippen molar-refractivity contribution in [3.63, 3.8) is 0 Å². The Bertz CT molecular complexity index is 2000. The lowest BCUT2D eigenvalue weighted by Gasteiger charge is -2.25. The van der Waals surface area contributed by atoms with Crippen LogP contribution in [-0.2, 0) is 10.0 Å². The molecule has 0 N–H and O–H groups in total. The van der Waals surface area contributed by atoms with Crippen LogP contribution in [0.3, 0.4) is 0 Å². The maximum atomic E-state index is 14.2. The third-order valence-electron chi connectivity index (χ3n) is 6.97. The number of nitro groups is 1. The predicted octanol–water partition coefficient (Wildman–Crippen LogP) is 6.93. The maximum absolute atomic E-state index is 14.2. The molecule has 5 aromatic carbocycles. The number of carbonyl (C=O) groups excluding carboxylic acids is 2. The van der Waals surface area contributed by atoms with Crippen molar-refractivity contribution in [2.45, 2.75) is 25.7 Å². The zero-order valence-electron chi connectivity index (χ0n) is 23.5. The summed E-state index contributed by atoms with van der Waals surface area (Å²) in [6, 6.07) is 26.2. The summed E-state index contributed by atoms with van der Waals surface area (Å²) in [6.07, 6.45) is 0. The van der Waals surface area contributed by atoms with Crippen LogP contribution in [0.2, 0.25) is 0 Å². The van der Waals surface area contributed by atoms with E-state index in [-0.39, 0.29) is 22.6 Å². The van der Waals surface area contributed by atoms with E-state index in [0.29, 0.717) is 20.6 Å². The lowest BCUT2D eigenvalue weighted by atomic mass is 10.1. The van der Waals surface area contributed by atoms with Gasteiger partial charge in [0.25, 0.3) is 21.6 Å². The molecule has 216 valence electrons. The Morgan fingerprint density at radius 3 is 1.93 bits per heavy atom. The predicted molar refractivity (Wildman–Crippen MR) is 163 cm³/mol. The molecule has 0 fully saturated rings. The van der Waals surface area contributed by atoms with Crippen LogP contribution in [0.25, 0.3) is 10.8 Å². The van der Waals surface area contributed by atoms with Gasteiger partial charge in [-0.05, 0) is 63.2 Å². The number of sulfonamides is 1. The number of nitro benzene ring substituents is 1. The fourth-order valence-corrected chi connectivity index (χ4v) is 6.04. The Morgan fingerprint density at radius 2 is 1.33 bits per heavy atom. The average molecular weight is 595 g/mol. The first kappa shape index (κ1) is 29.2. The van der Waals surface area contributed by atoms with Gasteiger partial charge in [0.15, 0.2) is 0 Å². The van der Waals surface area contributed by atoms with Crippen LogP contribution < -0.4 is 9.04 Å². The van der Waals surface area contributed by atoms with Crippen LogP contribution in [-0.4, -0.2) is 25.2 Å². The van der Waals surface area contributed by atoms with Gasteiger partial charge in [-0.3, -0.25) is 14.9 Å². The molecule has 0 unspecified atom stereocenters. The van der Waals surface area contributed by atoms with Crippen molar-refractivity contribution < 1.29 is 27.7 Å². The van der Waals surface area contributed by atoms with Crippen LogP contribution in [0.1, 0.15) is 37.4 Å². The van der Waals surface area contributed by atoms with Crippen molar-refractivity contribution in [2.24, 2.45) is 0 Å². The van der Waals surface area contributed by atoms with Gasteiger partial charge in [0.1, 0.15) is 5.75 Å². The Morgan fingerprint density at radius 1 is 0.744 bits per heavy atom. The van der Waals surface area contributed by atoms with Crippen molar-refractivity contribution in [1.29, 1.82) is 0 Å². The number of hydrogen-bond acceptors (Lipinski definition) is 7. The number of benzene rings is 5. The van der Waals surface area contributed by atoms with Gasteiger partial charge in [-0.25, -0.2) is 13.2 Å². The van der Waals surface area contributed by atoms with Gasteiger partial charge in [0.2, 0.25) is 0 Å². The molecule has 5 rings (SSSR count). The maximum Gasteiger partial charge on any atom is 0.343 e. The third kappa shape index (κ3) is 5.73. The minimum atomic E-state index is -4.69. The molecule has 0 aliphatic rings. The standard InChI is InChI=1S/C33H26N2O7S/c1-21-8-13-24(14-9-21)32(36)34(43(40,41)26-17-12-23(3)30(20-26)35(38)39)29-18-19-31(28-7-5-4-6-27(28)29)42-33(37)25-15-10-22(2)11-16-25/h4-20H,1-3H3. The van der Waals surface area contributed by atoms with Crippen molar-refractivity contribution in [3.8, 4) is 5.75 Å². The molecule has 0 bridgehead atoms. The summed E-state index contributed by atoms with van der Waals surface area (Å²) in [5, 5.41) is 12.3. The van der Waals surface area contributed by atoms with Gasteiger partial charge in [0.05, 0.1) is 21.1 Å². The summed E-state index contributed by atoms with van der Waals surface area (Å²) in [5.74, 6) is -1.31. The molecule has 0 aromatic heterocycles. The number of carbonyl (C=O) groups is 2. The SMILES string of the molecule is Cc1ccc(C(=O)Oc2ccc(N(C(=O)c3ccc(C)cc3)S(=O)(=O)c3ccc(C)c([N+](=O)[O-])c3)c3ccccc23)cc1. The second kappa shape index (κ2) is 11.5. The van der Waals surface area contributed by atoms with Crippen LogP contribution in [0.4, 0.5) is 11.4 Å². The van der Waals surface area contributed by atoms with E-state index in [2.05, 4.69) is 0 Å². The van der Waals surface area contributed by atoms with Gasteiger partial charge < -0.3 is 4.74 Å². The number of nitrogens with zero attached hydrogens (tertiary/aromatic N) is 2. The summed E-state index contributed by atoms with van der Waals surface area (Å²) in [4.78, 5) is 37.5. The average Bonchev–Trinajstić information content (AvgIpc) is 2.98. The van der Waals surface area contributed by atoms with Gasteiger partial charge >= 0.3 is 5.97 Å². The van der Waals surface area contributed by atoms with E-state index in [9.17, 15) is 28.1 Å². The van der Waals surface area contributed by atoms with E-state index in [0.717, 1.165) is 17.2 Å². The molecule has 9 nitrogen and oxygen atoms in total. The molecule has 0 saturated heterocycles. The highest BCUT2D eigenvalue weighted by molar-refractivity contribution is 7.93. The summed E-state index contributed by atoms with van der Waals surface area (Å²) < 4.78 is 34.8. The molecule has 0 atom stereocenters. The molecule has 0 radical (unpaired) electrons. The molecule has 0 aliphatic heterocycles. The van der Waals surface area contributed by atoms with Gasteiger partial charge in [0, 0.05) is 28.0 Å². The second-order valence-corrected chi connectivity index (χ2v) is 11.8. The highest BCUT2D eigenvalue weighted by Gasteiger charge is 2.34. The second-order valence-electron chi connectivity index (χ2n) is 10.0. The van der Waals surface area contributed by atoms with E-state index in [1.54, 1.807) is 60.7 Å². The van der Waals surface area contributed by atoms with Crippen molar-refractivity contribution in [3.05, 3.63) is 141 Å². The Kier molecular flexibility index (Phi) is 7.79. The van der Waals surface area contributed by atoms with Crippen LogP contribution >= 0.6 is 0 Å². The number of aryl methyl sites for hydroxylation is 3. The van der Waals surface area contributed by atoms with E-state index in [1.807, 2.05) is 13.8 Å². The normalized spacial score (nSPS) is 11.2. The number of anilines is 1. The summed E-state index contributed by atoms with van der Waals surface area (Å²) in [5.41, 5.74) is 2.13. The van der Waals surface area contributed by atoms with Crippen molar-refractivity contribution in [1.82, 2.24) is 0 Å². The number of esters is 1. The monoisotopic (exact) mass is 594 g/mol. The molecule has 0 saturated carbocycles. The first-order valence-corrected chi connectivity index (χ1v) is 14.6. The van der Waals surface area contributed by atoms with Crippen molar-refractivity contribution >= 4 is 44.0 Å². The van der Waals surface area contributed by atoms with E-state index < -0.39 is 37.4 Å². The van der Waals surface area contributed by atoms with Gasteiger partial charge in [-0.2, -0.15) is 4.31 Å². The topological polar surface area (TPSA) is 124 Å². The molecule has 0 aliphatic carbocycles. The first-order valence-electron chi connectivity index (χ1n) is 13.2. The highest BCUT2D eigenvalue weighted by atomic mass is 32.2. The molecule has 10 heteroatoms. The highest BCUT2D eigenvalue weighted by Crippen LogP contribution is 2.38.